The van der Waals surface area contributed by atoms with E-state index in [2.05, 4.69) is 24.1 Å². The topological polar surface area (TPSA) is 79.6 Å². The Bertz CT molecular complexity index is 605. The molecule has 22 heavy (non-hydrogen) atoms. The second-order valence-electron chi connectivity index (χ2n) is 5.71. The van der Waals surface area contributed by atoms with Gasteiger partial charge in [-0.05, 0) is 37.6 Å². The molecule has 1 aliphatic rings. The highest BCUT2D eigenvalue weighted by Gasteiger charge is 2.28. The van der Waals surface area contributed by atoms with Gasteiger partial charge in [0.1, 0.15) is 5.76 Å². The van der Waals surface area contributed by atoms with Crippen LogP contribution in [0.3, 0.4) is 0 Å². The number of hydrogen-bond donors (Lipinski definition) is 1. The molecule has 0 radical (unpaired) electrons. The Morgan fingerprint density at radius 1 is 1.36 bits per heavy atom. The molecule has 1 N–H and O–H groups in total. The van der Waals surface area contributed by atoms with E-state index >= 15 is 0 Å². The molecule has 7 heteroatoms. The maximum Gasteiger partial charge on any atom is 0.287 e. The molecule has 0 bridgehead atoms. The Kier molecular flexibility index (Phi) is 5.63. The number of furan rings is 1. The number of nitrogens with zero attached hydrogens (tertiary/aromatic N) is 1. The first-order valence-electron chi connectivity index (χ1n) is 7.73. The van der Waals surface area contributed by atoms with Crippen LogP contribution in [0.15, 0.2) is 16.5 Å². The van der Waals surface area contributed by atoms with Crippen LogP contribution in [0, 0.1) is 5.92 Å². The summed E-state index contributed by atoms with van der Waals surface area (Å²) in [5, 5.41) is 2.76. The van der Waals surface area contributed by atoms with Crippen LogP contribution in [-0.4, -0.2) is 50.4 Å². The molecular formula is C15H24N2O4S. The lowest BCUT2D eigenvalue weighted by molar-refractivity contribution is 0.0917. The van der Waals surface area contributed by atoms with Crippen molar-refractivity contribution in [2.24, 2.45) is 5.92 Å². The van der Waals surface area contributed by atoms with Gasteiger partial charge in [-0.25, -0.2) is 8.42 Å². The molecule has 1 unspecified atom stereocenters. The zero-order chi connectivity index (χ0) is 16.2. The van der Waals surface area contributed by atoms with Crippen molar-refractivity contribution in [2.75, 3.05) is 31.1 Å². The van der Waals surface area contributed by atoms with Gasteiger partial charge in [0.05, 0.1) is 18.1 Å². The SMILES string of the molecule is CCN(CC)Cc1ccc(C(=O)NCC2CCS(=O)(=O)C2)o1. The summed E-state index contributed by atoms with van der Waals surface area (Å²) in [6, 6.07) is 3.48. The van der Waals surface area contributed by atoms with Crippen LogP contribution in [0.2, 0.25) is 0 Å². The third-order valence-corrected chi connectivity index (χ3v) is 5.87. The zero-order valence-electron chi connectivity index (χ0n) is 13.2. The summed E-state index contributed by atoms with van der Waals surface area (Å²) in [4.78, 5) is 14.2. The van der Waals surface area contributed by atoms with Crippen molar-refractivity contribution < 1.29 is 17.6 Å². The average Bonchev–Trinajstić information content (AvgIpc) is 3.08. The highest BCUT2D eigenvalue weighted by atomic mass is 32.2. The zero-order valence-corrected chi connectivity index (χ0v) is 14.0. The molecule has 124 valence electrons. The molecule has 0 spiro atoms. The van der Waals surface area contributed by atoms with Gasteiger partial charge in [-0.3, -0.25) is 9.69 Å². The summed E-state index contributed by atoms with van der Waals surface area (Å²) in [5.74, 6) is 1.16. The number of amides is 1. The molecule has 0 aromatic carbocycles. The number of carbonyl (C=O) groups excluding carboxylic acids is 1. The molecule has 1 amide bonds. The van der Waals surface area contributed by atoms with Gasteiger partial charge < -0.3 is 9.73 Å². The monoisotopic (exact) mass is 328 g/mol. The van der Waals surface area contributed by atoms with Crippen LogP contribution in [0.5, 0.6) is 0 Å². The van der Waals surface area contributed by atoms with Crippen LogP contribution < -0.4 is 5.32 Å². The average molecular weight is 328 g/mol. The summed E-state index contributed by atoms with van der Waals surface area (Å²) >= 11 is 0. The fourth-order valence-electron chi connectivity index (χ4n) is 2.61. The van der Waals surface area contributed by atoms with Gasteiger partial charge in [-0.1, -0.05) is 13.8 Å². The molecule has 1 fully saturated rings. The van der Waals surface area contributed by atoms with E-state index in [4.69, 9.17) is 4.42 Å². The Labute approximate surface area is 131 Å². The molecule has 1 aliphatic heterocycles. The minimum absolute atomic E-state index is 0.0130. The van der Waals surface area contributed by atoms with E-state index in [0.717, 1.165) is 18.8 Å². The van der Waals surface area contributed by atoms with E-state index in [9.17, 15) is 13.2 Å². The van der Waals surface area contributed by atoms with Gasteiger partial charge in [0, 0.05) is 6.54 Å². The fraction of sp³-hybridized carbons (Fsp3) is 0.667. The second kappa shape index (κ2) is 7.28. The number of sulfone groups is 1. The summed E-state index contributed by atoms with van der Waals surface area (Å²) in [5.41, 5.74) is 0. The van der Waals surface area contributed by atoms with Gasteiger partial charge in [0.2, 0.25) is 0 Å². The standard InChI is InChI=1S/C15H24N2O4S/c1-3-17(4-2)10-13-5-6-14(21-13)15(18)16-9-12-7-8-22(19,20)11-12/h5-6,12H,3-4,7-11H2,1-2H3,(H,16,18). The first-order valence-corrected chi connectivity index (χ1v) is 9.55. The molecule has 6 nitrogen and oxygen atoms in total. The Morgan fingerprint density at radius 3 is 2.68 bits per heavy atom. The molecular weight excluding hydrogens is 304 g/mol. The number of rotatable bonds is 7. The summed E-state index contributed by atoms with van der Waals surface area (Å²) in [6.45, 7) is 7.07. The fourth-order valence-corrected chi connectivity index (χ4v) is 4.47. The second-order valence-corrected chi connectivity index (χ2v) is 7.94. The van der Waals surface area contributed by atoms with Crippen molar-refractivity contribution in [3.05, 3.63) is 23.7 Å². The van der Waals surface area contributed by atoms with Gasteiger partial charge in [0.25, 0.3) is 5.91 Å². The third-order valence-electron chi connectivity index (χ3n) is 4.04. The van der Waals surface area contributed by atoms with Crippen molar-refractivity contribution in [1.29, 1.82) is 0 Å². The smallest absolute Gasteiger partial charge is 0.287 e. The van der Waals surface area contributed by atoms with Crippen LogP contribution in [0.25, 0.3) is 0 Å². The van der Waals surface area contributed by atoms with Crippen LogP contribution >= 0.6 is 0 Å². The molecule has 1 aromatic rings. The van der Waals surface area contributed by atoms with E-state index in [1.807, 2.05) is 6.07 Å². The Morgan fingerprint density at radius 2 is 2.09 bits per heavy atom. The van der Waals surface area contributed by atoms with Gasteiger partial charge in [-0.2, -0.15) is 0 Å². The van der Waals surface area contributed by atoms with Crippen molar-refractivity contribution in [3.63, 3.8) is 0 Å². The van der Waals surface area contributed by atoms with Gasteiger partial charge >= 0.3 is 0 Å². The largest absolute Gasteiger partial charge is 0.455 e. The van der Waals surface area contributed by atoms with Crippen molar-refractivity contribution in [3.8, 4) is 0 Å². The molecule has 2 heterocycles. The van der Waals surface area contributed by atoms with E-state index in [1.54, 1.807) is 6.07 Å². The lowest BCUT2D eigenvalue weighted by Gasteiger charge is -2.15. The predicted molar refractivity (Wildman–Crippen MR) is 84.4 cm³/mol. The van der Waals surface area contributed by atoms with Gasteiger partial charge in [0.15, 0.2) is 15.6 Å². The van der Waals surface area contributed by atoms with Crippen LogP contribution in [0.1, 0.15) is 36.6 Å². The van der Waals surface area contributed by atoms with Crippen molar-refractivity contribution >= 4 is 15.7 Å². The van der Waals surface area contributed by atoms with E-state index in [1.165, 1.54) is 0 Å². The van der Waals surface area contributed by atoms with Crippen molar-refractivity contribution in [2.45, 2.75) is 26.8 Å². The van der Waals surface area contributed by atoms with E-state index in [-0.39, 0.29) is 29.1 Å². The normalized spacial score (nSPS) is 20.4. The highest BCUT2D eigenvalue weighted by molar-refractivity contribution is 7.91. The number of nitrogens with one attached hydrogen (secondary N) is 1. The molecule has 1 atom stereocenters. The molecule has 1 aromatic heterocycles. The number of hydrogen-bond acceptors (Lipinski definition) is 5. The molecule has 0 saturated carbocycles. The lowest BCUT2D eigenvalue weighted by atomic mass is 10.1. The lowest BCUT2D eigenvalue weighted by Crippen LogP contribution is -2.29. The molecule has 2 rings (SSSR count). The van der Waals surface area contributed by atoms with Crippen LogP contribution in [-0.2, 0) is 16.4 Å². The number of carbonyl (C=O) groups is 1. The quantitative estimate of drug-likeness (QED) is 0.816. The molecule has 0 aliphatic carbocycles. The van der Waals surface area contributed by atoms with E-state index in [0.29, 0.717) is 19.5 Å². The first-order chi connectivity index (χ1) is 10.4. The minimum atomic E-state index is -2.90. The maximum absolute atomic E-state index is 12.0. The Hall–Kier alpha value is -1.34. The van der Waals surface area contributed by atoms with Crippen LogP contribution in [0.4, 0.5) is 0 Å². The predicted octanol–water partition coefficient (Wildman–Crippen LogP) is 1.29. The van der Waals surface area contributed by atoms with Gasteiger partial charge in [-0.15, -0.1) is 0 Å². The summed E-state index contributed by atoms with van der Waals surface area (Å²) in [7, 11) is -2.90. The summed E-state index contributed by atoms with van der Waals surface area (Å²) in [6.07, 6.45) is 0.619. The minimum Gasteiger partial charge on any atom is -0.455 e. The maximum atomic E-state index is 12.0. The summed E-state index contributed by atoms with van der Waals surface area (Å²) < 4.78 is 28.3. The van der Waals surface area contributed by atoms with E-state index < -0.39 is 9.84 Å². The molecule has 1 saturated heterocycles. The van der Waals surface area contributed by atoms with Crippen molar-refractivity contribution in [1.82, 2.24) is 10.2 Å². The third kappa shape index (κ3) is 4.58. The Balaban J connectivity index is 1.84. The highest BCUT2D eigenvalue weighted by Crippen LogP contribution is 2.17. The first kappa shape index (κ1) is 17.0.